The van der Waals surface area contributed by atoms with Crippen molar-refractivity contribution in [3.63, 3.8) is 0 Å². The van der Waals surface area contributed by atoms with Crippen molar-refractivity contribution in [3.05, 3.63) is 137 Å². The van der Waals surface area contributed by atoms with E-state index in [4.69, 9.17) is 14.9 Å². The quantitative estimate of drug-likeness (QED) is 0.0157. The molecule has 3 amide bonds. The number of nitrogens with two attached hydrogens (primary N) is 1. The molecule has 1 unspecified atom stereocenters. The number of aromatic nitrogens is 1. The summed E-state index contributed by atoms with van der Waals surface area (Å²) in [7, 11) is -4.82. The zero-order chi connectivity index (χ0) is 48.5. The molecule has 0 aliphatic rings. The van der Waals surface area contributed by atoms with Crippen LogP contribution in [0.5, 0.6) is 11.5 Å². The molecule has 67 heavy (non-hydrogen) atoms. The van der Waals surface area contributed by atoms with Gasteiger partial charge in [0, 0.05) is 53.1 Å². The first-order valence-electron chi connectivity index (χ1n) is 21.6. The highest BCUT2D eigenvalue weighted by Gasteiger charge is 2.39. The number of pyridine rings is 1. The third kappa shape index (κ3) is 12.1. The number of unbranched alkanes of at least 4 members (excludes halogenated alkanes) is 1. The Labute approximate surface area is 392 Å². The van der Waals surface area contributed by atoms with Gasteiger partial charge in [-0.2, -0.15) is 0 Å². The number of hydrogen-bond donors (Lipinski definition) is 6. The number of aromatic hydroxyl groups is 1. The van der Waals surface area contributed by atoms with Crippen molar-refractivity contribution >= 4 is 70.0 Å². The summed E-state index contributed by atoms with van der Waals surface area (Å²) in [5.41, 5.74) is 10.3. The molecule has 14 nitrogen and oxygen atoms in total. The van der Waals surface area contributed by atoms with Crippen LogP contribution < -0.4 is 31.7 Å². The standard InChI is InChI=1S/C51H56N6O8SSi/c1-33-25-41(29-42-47(33)54-30-43(49(52)60)48(42)56-38-15-12-16-39(28-38)64-5)66(62,63)40-17-11-14-36(26-40)50(61)57-37-21-18-34(19-22-37)13-9-8-10-24-53-31-46(65-67(6,7)51(2,3)4)35-20-23-45(59)44(27-35)55-32-58/h11-12,14-23,25-30,32,46,53,59H,8,10,24,31H2,1-7H3,(H2,52,60)(H,54,56)(H,55,58)(H,57,61). The number of carbonyl (C=O) groups is 3. The van der Waals surface area contributed by atoms with Gasteiger partial charge in [0.15, 0.2) is 8.32 Å². The Balaban J connectivity index is 1.08. The number of carbonyl (C=O) groups excluding carboxylic acids is 3. The Morgan fingerprint density at radius 3 is 2.39 bits per heavy atom. The maximum Gasteiger partial charge on any atom is 0.255 e. The van der Waals surface area contributed by atoms with Crippen molar-refractivity contribution in [2.24, 2.45) is 5.73 Å². The number of primary amides is 1. The van der Waals surface area contributed by atoms with Crippen molar-refractivity contribution in [2.45, 2.75) is 74.6 Å². The Kier molecular flexibility index (Phi) is 15.5. The van der Waals surface area contributed by atoms with Crippen LogP contribution in [0.15, 0.2) is 119 Å². The average Bonchev–Trinajstić information content (AvgIpc) is 3.29. The van der Waals surface area contributed by atoms with E-state index < -0.39 is 30.0 Å². The lowest BCUT2D eigenvalue weighted by Gasteiger charge is -2.39. The molecule has 0 saturated carbocycles. The van der Waals surface area contributed by atoms with Gasteiger partial charge in [-0.1, -0.05) is 50.8 Å². The fourth-order valence-corrected chi connectivity index (χ4v) is 9.64. The number of anilines is 4. The molecule has 0 fully saturated rings. The highest BCUT2D eigenvalue weighted by molar-refractivity contribution is 7.91. The number of hydrogen-bond acceptors (Lipinski definition) is 11. The maximum absolute atomic E-state index is 14.2. The molecule has 0 aliphatic carbocycles. The minimum absolute atomic E-state index is 0.0172. The van der Waals surface area contributed by atoms with Crippen LogP contribution in [0.2, 0.25) is 18.1 Å². The number of phenolic OH excluding ortho intramolecular Hbond substituents is 1. The van der Waals surface area contributed by atoms with Crippen LogP contribution in [-0.2, 0) is 19.1 Å². The number of amides is 3. The lowest BCUT2D eigenvalue weighted by Crippen LogP contribution is -2.43. The second-order valence-electron chi connectivity index (χ2n) is 17.5. The lowest BCUT2D eigenvalue weighted by molar-refractivity contribution is -0.105. The number of nitrogens with one attached hydrogen (secondary N) is 4. The molecule has 1 atom stereocenters. The van der Waals surface area contributed by atoms with Gasteiger partial charge < -0.3 is 41.3 Å². The summed E-state index contributed by atoms with van der Waals surface area (Å²) in [6, 6.07) is 28.0. The summed E-state index contributed by atoms with van der Waals surface area (Å²) >= 11 is 0. The van der Waals surface area contributed by atoms with Crippen molar-refractivity contribution in [2.75, 3.05) is 36.1 Å². The highest BCUT2D eigenvalue weighted by Crippen LogP contribution is 2.41. The third-order valence-corrected chi connectivity index (χ3v) is 17.9. The molecule has 1 heterocycles. The minimum Gasteiger partial charge on any atom is -0.506 e. The molecule has 0 saturated heterocycles. The molecule has 0 radical (unpaired) electrons. The molecule has 0 aliphatic heterocycles. The van der Waals surface area contributed by atoms with Crippen LogP contribution >= 0.6 is 0 Å². The number of rotatable bonds is 18. The Morgan fingerprint density at radius 2 is 1.69 bits per heavy atom. The van der Waals surface area contributed by atoms with Gasteiger partial charge in [0.2, 0.25) is 16.2 Å². The number of methoxy groups -OCH3 is 1. The number of ether oxygens (including phenoxy) is 1. The Morgan fingerprint density at radius 1 is 0.940 bits per heavy atom. The van der Waals surface area contributed by atoms with Crippen LogP contribution in [0.25, 0.3) is 10.9 Å². The number of sulfone groups is 1. The second-order valence-corrected chi connectivity index (χ2v) is 24.2. The topological polar surface area (TPSA) is 211 Å². The van der Waals surface area contributed by atoms with E-state index in [9.17, 15) is 27.9 Å². The number of aryl methyl sites for hydroxylation is 1. The van der Waals surface area contributed by atoms with Gasteiger partial charge in [-0.05, 0) is 128 Å². The zero-order valence-corrected chi connectivity index (χ0v) is 40.4. The summed E-state index contributed by atoms with van der Waals surface area (Å²) in [4.78, 5) is 41.4. The van der Waals surface area contributed by atoms with Crippen LogP contribution in [0.3, 0.4) is 0 Å². The molecule has 348 valence electrons. The van der Waals surface area contributed by atoms with Gasteiger partial charge in [0.1, 0.15) is 11.5 Å². The Hall–Kier alpha value is -7.03. The van der Waals surface area contributed by atoms with E-state index in [0.29, 0.717) is 65.2 Å². The fourth-order valence-electron chi connectivity index (χ4n) is 6.94. The number of phenols is 1. The molecule has 0 bridgehead atoms. The molecule has 7 N–H and O–H groups in total. The summed E-state index contributed by atoms with van der Waals surface area (Å²) in [6.45, 7) is 13.9. The predicted molar refractivity (Wildman–Crippen MR) is 265 cm³/mol. The largest absolute Gasteiger partial charge is 0.506 e. The smallest absolute Gasteiger partial charge is 0.255 e. The van der Waals surface area contributed by atoms with Gasteiger partial charge in [0.05, 0.1) is 45.5 Å². The zero-order valence-electron chi connectivity index (χ0n) is 38.6. The molecular formula is C51H56N6O8SSi. The molecular weight excluding hydrogens is 885 g/mol. The van der Waals surface area contributed by atoms with Crippen LogP contribution in [0.1, 0.15) is 77.1 Å². The summed E-state index contributed by atoms with van der Waals surface area (Å²) in [5, 5.41) is 22.6. The first-order chi connectivity index (χ1) is 31.8. The van der Waals surface area contributed by atoms with E-state index in [0.717, 1.165) is 17.5 Å². The summed E-state index contributed by atoms with van der Waals surface area (Å²) < 4.78 is 40.5. The first-order valence-corrected chi connectivity index (χ1v) is 26.0. The van der Waals surface area contributed by atoms with Gasteiger partial charge in [-0.15, -0.1) is 0 Å². The van der Waals surface area contributed by atoms with E-state index in [-0.39, 0.29) is 43.5 Å². The average molecular weight is 941 g/mol. The van der Waals surface area contributed by atoms with Crippen molar-refractivity contribution < 1.29 is 37.1 Å². The van der Waals surface area contributed by atoms with Crippen LogP contribution in [0, 0.1) is 18.8 Å². The van der Waals surface area contributed by atoms with E-state index in [1.165, 1.54) is 49.7 Å². The molecule has 1 aromatic heterocycles. The van der Waals surface area contributed by atoms with Crippen LogP contribution in [0.4, 0.5) is 22.7 Å². The molecule has 0 spiro atoms. The second kappa shape index (κ2) is 21.1. The predicted octanol–water partition coefficient (Wildman–Crippen LogP) is 9.24. The Bertz CT molecular complexity index is 2980. The SMILES string of the molecule is COc1cccc(Nc2c(C(N)=O)cnc3c(C)cc(S(=O)(=O)c4cccc(C(=O)Nc5ccc(C#CCCCNCC(O[Si](C)(C)C(C)(C)C)c6ccc(O)c(NC=O)c6)cc5)c4)cc23)c1. The van der Waals surface area contributed by atoms with E-state index >= 15 is 0 Å². The normalized spacial score (nSPS) is 12.1. The molecule has 16 heteroatoms. The number of fused-ring (bicyclic) bond motifs is 1. The van der Waals surface area contributed by atoms with Gasteiger partial charge in [-0.25, -0.2) is 8.42 Å². The monoisotopic (exact) mass is 940 g/mol. The number of benzene rings is 5. The molecule has 5 aromatic carbocycles. The summed E-state index contributed by atoms with van der Waals surface area (Å²) in [5.74, 6) is 5.67. The third-order valence-electron chi connectivity index (χ3n) is 11.7. The van der Waals surface area contributed by atoms with Crippen molar-refractivity contribution in [1.82, 2.24) is 10.3 Å². The van der Waals surface area contributed by atoms with E-state index in [1.807, 2.05) is 6.07 Å². The highest BCUT2D eigenvalue weighted by atomic mass is 32.2. The molecule has 6 aromatic rings. The maximum atomic E-state index is 14.2. The van der Waals surface area contributed by atoms with E-state index in [2.05, 4.69) is 72.0 Å². The lowest BCUT2D eigenvalue weighted by atomic mass is 10.1. The van der Waals surface area contributed by atoms with Gasteiger partial charge >= 0.3 is 0 Å². The number of nitrogens with zero attached hydrogens (tertiary/aromatic N) is 1. The van der Waals surface area contributed by atoms with Gasteiger partial charge in [0.25, 0.3) is 11.8 Å². The van der Waals surface area contributed by atoms with Gasteiger partial charge in [-0.3, -0.25) is 19.4 Å². The van der Waals surface area contributed by atoms with Crippen LogP contribution in [-0.4, -0.2) is 65.2 Å². The fraction of sp³-hybridized carbons (Fsp3) is 0.255. The molecule has 6 rings (SSSR count). The summed E-state index contributed by atoms with van der Waals surface area (Å²) in [6.07, 6.45) is 3.02. The van der Waals surface area contributed by atoms with Crippen molar-refractivity contribution in [1.29, 1.82) is 0 Å². The first kappa shape index (κ1) is 49.4. The van der Waals surface area contributed by atoms with E-state index in [1.54, 1.807) is 67.6 Å². The minimum atomic E-state index is -4.18. The van der Waals surface area contributed by atoms with Crippen molar-refractivity contribution in [3.8, 4) is 23.3 Å².